The van der Waals surface area contributed by atoms with Crippen LogP contribution in [0.2, 0.25) is 0 Å². The molecule has 0 radical (unpaired) electrons. The van der Waals surface area contributed by atoms with Crippen molar-refractivity contribution in [1.29, 1.82) is 0 Å². The van der Waals surface area contributed by atoms with Gasteiger partial charge in [0.2, 0.25) is 0 Å². The van der Waals surface area contributed by atoms with Gasteiger partial charge in [-0.25, -0.2) is 0 Å². The molecular formula is C23H40N4O2. The van der Waals surface area contributed by atoms with Crippen molar-refractivity contribution in [2.75, 3.05) is 40.4 Å². The molecule has 1 aromatic rings. The van der Waals surface area contributed by atoms with Crippen molar-refractivity contribution in [3.05, 3.63) is 17.0 Å². The van der Waals surface area contributed by atoms with Gasteiger partial charge in [0.15, 0.2) is 0 Å². The first-order valence-corrected chi connectivity index (χ1v) is 11.5. The molecule has 1 spiro atoms. The molecule has 3 aliphatic rings. The van der Waals surface area contributed by atoms with Gasteiger partial charge in [0.25, 0.3) is 0 Å². The summed E-state index contributed by atoms with van der Waals surface area (Å²) in [6, 6.07) is 0. The molecule has 6 nitrogen and oxygen atoms in total. The van der Waals surface area contributed by atoms with Gasteiger partial charge in [-0.1, -0.05) is 0 Å². The second-order valence-electron chi connectivity index (χ2n) is 10.2. The predicted molar refractivity (Wildman–Crippen MR) is 115 cm³/mol. The fourth-order valence-electron chi connectivity index (χ4n) is 5.42. The van der Waals surface area contributed by atoms with Crippen LogP contribution in [0.4, 0.5) is 0 Å². The van der Waals surface area contributed by atoms with Gasteiger partial charge in [-0.2, -0.15) is 5.10 Å². The lowest BCUT2D eigenvalue weighted by Crippen LogP contribution is -2.42. The number of ether oxygens (including phenoxy) is 2. The zero-order chi connectivity index (χ0) is 20.5. The minimum atomic E-state index is 0.0653. The Morgan fingerprint density at radius 1 is 1.21 bits per heavy atom. The Morgan fingerprint density at radius 3 is 2.69 bits per heavy atom. The van der Waals surface area contributed by atoms with E-state index in [-0.39, 0.29) is 5.60 Å². The van der Waals surface area contributed by atoms with E-state index in [9.17, 15) is 0 Å². The largest absolute Gasteiger partial charge is 0.375 e. The highest BCUT2D eigenvalue weighted by atomic mass is 16.5. The maximum atomic E-state index is 6.24. The van der Waals surface area contributed by atoms with Gasteiger partial charge in [0.05, 0.1) is 43.4 Å². The molecule has 0 bridgehead atoms. The third-order valence-corrected chi connectivity index (χ3v) is 7.51. The first-order chi connectivity index (χ1) is 13.9. The SMILES string of the molecule is CNCCN(C)Cc1nn2c(c1[C@H]1CC[C@]3(CCC(C)(C)OC3)CC1)COCC2. The Hall–Kier alpha value is -0.950. The molecule has 4 rings (SSSR count). The highest BCUT2D eigenvalue weighted by molar-refractivity contribution is 5.31. The van der Waals surface area contributed by atoms with Crippen LogP contribution in [-0.2, 0) is 29.2 Å². The topological polar surface area (TPSA) is 51.6 Å². The van der Waals surface area contributed by atoms with E-state index in [0.717, 1.165) is 46.0 Å². The Kier molecular flexibility index (Phi) is 6.35. The van der Waals surface area contributed by atoms with Crippen LogP contribution in [0.25, 0.3) is 0 Å². The first kappa shape index (κ1) is 21.3. The van der Waals surface area contributed by atoms with Crippen LogP contribution in [0.15, 0.2) is 0 Å². The van der Waals surface area contributed by atoms with Gasteiger partial charge in [-0.05, 0) is 77.8 Å². The van der Waals surface area contributed by atoms with Crippen LogP contribution in [0.3, 0.4) is 0 Å². The molecule has 6 heteroatoms. The fraction of sp³-hybridized carbons (Fsp3) is 0.870. The maximum absolute atomic E-state index is 6.24. The highest BCUT2D eigenvalue weighted by Crippen LogP contribution is 2.50. The predicted octanol–water partition coefficient (Wildman–Crippen LogP) is 3.30. The molecule has 1 saturated carbocycles. The highest BCUT2D eigenvalue weighted by Gasteiger charge is 2.43. The van der Waals surface area contributed by atoms with Crippen molar-refractivity contribution in [1.82, 2.24) is 20.0 Å². The van der Waals surface area contributed by atoms with Crippen LogP contribution in [0.5, 0.6) is 0 Å². The number of nitrogens with one attached hydrogen (secondary N) is 1. The van der Waals surface area contributed by atoms with Gasteiger partial charge in [0, 0.05) is 25.2 Å². The van der Waals surface area contributed by atoms with Crippen LogP contribution >= 0.6 is 0 Å². The van der Waals surface area contributed by atoms with E-state index in [1.54, 1.807) is 0 Å². The number of fused-ring (bicyclic) bond motifs is 1. The molecule has 2 aliphatic heterocycles. The van der Waals surface area contributed by atoms with Crippen LogP contribution in [0.1, 0.15) is 75.2 Å². The average Bonchev–Trinajstić information content (AvgIpc) is 3.07. The molecule has 164 valence electrons. The normalized spacial score (nSPS) is 29.3. The fourth-order valence-corrected chi connectivity index (χ4v) is 5.42. The summed E-state index contributed by atoms with van der Waals surface area (Å²) in [7, 11) is 4.22. The van der Waals surface area contributed by atoms with Gasteiger partial charge in [-0.3, -0.25) is 9.58 Å². The number of likely N-dealkylation sites (N-methyl/N-ethyl adjacent to an activating group) is 2. The number of rotatable bonds is 6. The quantitative estimate of drug-likeness (QED) is 0.788. The summed E-state index contributed by atoms with van der Waals surface area (Å²) in [4.78, 5) is 2.39. The number of aromatic nitrogens is 2. The Labute approximate surface area is 176 Å². The van der Waals surface area contributed by atoms with Crippen molar-refractivity contribution in [2.24, 2.45) is 5.41 Å². The Balaban J connectivity index is 1.48. The summed E-state index contributed by atoms with van der Waals surface area (Å²) in [6.07, 6.45) is 7.60. The van der Waals surface area contributed by atoms with E-state index in [1.807, 2.05) is 7.05 Å². The van der Waals surface area contributed by atoms with E-state index in [1.165, 1.54) is 55.5 Å². The summed E-state index contributed by atoms with van der Waals surface area (Å²) in [5, 5.41) is 8.30. The van der Waals surface area contributed by atoms with Gasteiger partial charge < -0.3 is 14.8 Å². The molecule has 3 heterocycles. The standard InChI is InChI=1S/C23H40N4O2/c1-22(2)9-10-23(17-29-22)7-5-18(6-8-23)21-19(15-26(4)12-11-24-3)25-27-13-14-28-16-20(21)27/h18,24H,5-17H2,1-4H3/t18-,23+. The minimum absolute atomic E-state index is 0.0653. The van der Waals surface area contributed by atoms with Gasteiger partial charge >= 0.3 is 0 Å². The Morgan fingerprint density at radius 2 is 2.00 bits per heavy atom. The molecule has 1 aliphatic carbocycles. The lowest BCUT2D eigenvalue weighted by Gasteiger charge is -2.47. The number of hydrogen-bond donors (Lipinski definition) is 1. The van der Waals surface area contributed by atoms with Gasteiger partial charge in [0.1, 0.15) is 0 Å². The second kappa shape index (κ2) is 8.66. The molecule has 1 saturated heterocycles. The lowest BCUT2D eigenvalue weighted by molar-refractivity contribution is -0.125. The van der Waals surface area contributed by atoms with Crippen molar-refractivity contribution in [2.45, 2.75) is 83.6 Å². The lowest BCUT2D eigenvalue weighted by atomic mass is 9.65. The number of hydrogen-bond acceptors (Lipinski definition) is 5. The zero-order valence-electron chi connectivity index (χ0n) is 18.9. The van der Waals surface area contributed by atoms with Crippen molar-refractivity contribution in [3.8, 4) is 0 Å². The van der Waals surface area contributed by atoms with Crippen LogP contribution in [-0.4, -0.2) is 60.7 Å². The summed E-state index contributed by atoms with van der Waals surface area (Å²) < 4.78 is 14.3. The van der Waals surface area contributed by atoms with Crippen molar-refractivity contribution in [3.63, 3.8) is 0 Å². The number of nitrogens with zero attached hydrogens (tertiary/aromatic N) is 3. The zero-order valence-corrected chi connectivity index (χ0v) is 18.9. The summed E-state index contributed by atoms with van der Waals surface area (Å²) in [5.41, 5.74) is 4.62. The van der Waals surface area contributed by atoms with E-state index in [0.29, 0.717) is 11.3 Å². The average molecular weight is 405 g/mol. The molecular weight excluding hydrogens is 364 g/mol. The first-order valence-electron chi connectivity index (χ1n) is 11.5. The second-order valence-corrected chi connectivity index (χ2v) is 10.2. The molecule has 1 aromatic heterocycles. The Bertz CT molecular complexity index is 679. The van der Waals surface area contributed by atoms with E-state index >= 15 is 0 Å². The van der Waals surface area contributed by atoms with Crippen molar-refractivity contribution < 1.29 is 9.47 Å². The summed E-state index contributed by atoms with van der Waals surface area (Å²) in [5.74, 6) is 0.619. The van der Waals surface area contributed by atoms with E-state index < -0.39 is 0 Å². The minimum Gasteiger partial charge on any atom is -0.375 e. The van der Waals surface area contributed by atoms with E-state index in [2.05, 4.69) is 35.8 Å². The molecule has 29 heavy (non-hydrogen) atoms. The molecule has 0 atom stereocenters. The van der Waals surface area contributed by atoms with Crippen LogP contribution in [0, 0.1) is 5.41 Å². The third kappa shape index (κ3) is 4.71. The van der Waals surface area contributed by atoms with Gasteiger partial charge in [-0.15, -0.1) is 0 Å². The maximum Gasteiger partial charge on any atom is 0.0888 e. The molecule has 2 fully saturated rings. The van der Waals surface area contributed by atoms with E-state index in [4.69, 9.17) is 14.6 Å². The summed E-state index contributed by atoms with van der Waals surface area (Å²) >= 11 is 0. The molecule has 0 amide bonds. The monoisotopic (exact) mass is 404 g/mol. The van der Waals surface area contributed by atoms with Crippen molar-refractivity contribution >= 4 is 0 Å². The molecule has 0 aromatic carbocycles. The summed E-state index contributed by atoms with van der Waals surface area (Å²) in [6.45, 7) is 10.8. The molecule has 1 N–H and O–H groups in total. The molecule has 0 unspecified atom stereocenters. The third-order valence-electron chi connectivity index (χ3n) is 7.51. The smallest absolute Gasteiger partial charge is 0.0888 e. The van der Waals surface area contributed by atoms with Crippen LogP contribution < -0.4 is 5.32 Å².